The summed E-state index contributed by atoms with van der Waals surface area (Å²) in [5, 5.41) is 13.6. The lowest BCUT2D eigenvalue weighted by molar-refractivity contribution is -0.384. The molecule has 0 bridgehead atoms. The number of nitrogens with zero attached hydrogens (tertiary/aromatic N) is 1. The van der Waals surface area contributed by atoms with Crippen LogP contribution in [0.1, 0.15) is 36.1 Å². The standard InChI is InChI=1S/C19H20N2O3/c1-3-18(16-9-4-14(2)5-10-16)20-19(22)13-8-15-6-11-17(12-7-15)21(23)24/h4-13,18H,3H2,1-2H3,(H,20,22)/b13-8+/t18-/m1/s1. The summed E-state index contributed by atoms with van der Waals surface area (Å²) < 4.78 is 0. The van der Waals surface area contributed by atoms with E-state index in [9.17, 15) is 14.9 Å². The number of aryl methyl sites for hydroxylation is 1. The van der Waals surface area contributed by atoms with Gasteiger partial charge in [-0.3, -0.25) is 14.9 Å². The van der Waals surface area contributed by atoms with E-state index in [0.29, 0.717) is 0 Å². The highest BCUT2D eigenvalue weighted by atomic mass is 16.6. The summed E-state index contributed by atoms with van der Waals surface area (Å²) in [6.07, 6.45) is 3.87. The summed E-state index contributed by atoms with van der Waals surface area (Å²) >= 11 is 0. The number of benzene rings is 2. The third-order valence-electron chi connectivity index (χ3n) is 3.74. The fraction of sp³-hybridized carbons (Fsp3) is 0.211. The van der Waals surface area contributed by atoms with Gasteiger partial charge in [0.2, 0.25) is 5.91 Å². The van der Waals surface area contributed by atoms with Crippen LogP contribution in [0, 0.1) is 17.0 Å². The van der Waals surface area contributed by atoms with Crippen LogP contribution in [0.3, 0.4) is 0 Å². The number of nitro benzene ring substituents is 1. The number of hydrogen-bond donors (Lipinski definition) is 1. The van der Waals surface area contributed by atoms with Crippen molar-refractivity contribution in [2.75, 3.05) is 0 Å². The molecular formula is C19H20N2O3. The average Bonchev–Trinajstić information content (AvgIpc) is 2.59. The first-order valence-corrected chi connectivity index (χ1v) is 7.79. The molecule has 0 aliphatic rings. The first kappa shape index (κ1) is 17.4. The third kappa shape index (κ3) is 4.78. The largest absolute Gasteiger partial charge is 0.346 e. The first-order valence-electron chi connectivity index (χ1n) is 7.79. The van der Waals surface area contributed by atoms with Gasteiger partial charge in [-0.1, -0.05) is 36.8 Å². The van der Waals surface area contributed by atoms with Crippen molar-refractivity contribution in [2.45, 2.75) is 26.3 Å². The lowest BCUT2D eigenvalue weighted by Crippen LogP contribution is -2.26. The van der Waals surface area contributed by atoms with E-state index in [2.05, 4.69) is 5.32 Å². The van der Waals surface area contributed by atoms with Gasteiger partial charge in [-0.05, 0) is 42.7 Å². The van der Waals surface area contributed by atoms with Gasteiger partial charge in [0.15, 0.2) is 0 Å². The summed E-state index contributed by atoms with van der Waals surface area (Å²) in [5.41, 5.74) is 3.01. The topological polar surface area (TPSA) is 72.2 Å². The summed E-state index contributed by atoms with van der Waals surface area (Å²) in [6, 6.07) is 14.1. The van der Waals surface area contributed by atoms with Crippen LogP contribution in [0.15, 0.2) is 54.6 Å². The molecule has 0 aliphatic heterocycles. The Morgan fingerprint density at radius 3 is 2.33 bits per heavy atom. The highest BCUT2D eigenvalue weighted by molar-refractivity contribution is 5.92. The molecule has 0 heterocycles. The molecule has 5 heteroatoms. The Hall–Kier alpha value is -2.95. The van der Waals surface area contributed by atoms with E-state index in [1.54, 1.807) is 18.2 Å². The van der Waals surface area contributed by atoms with Crippen molar-refractivity contribution in [3.05, 3.63) is 81.4 Å². The van der Waals surface area contributed by atoms with Crippen LogP contribution >= 0.6 is 0 Å². The van der Waals surface area contributed by atoms with Crippen LogP contribution in [0.5, 0.6) is 0 Å². The maximum atomic E-state index is 12.1. The molecule has 0 aromatic heterocycles. The maximum absolute atomic E-state index is 12.1. The Balaban J connectivity index is 2.00. The first-order chi connectivity index (χ1) is 11.5. The van der Waals surface area contributed by atoms with E-state index >= 15 is 0 Å². The summed E-state index contributed by atoms with van der Waals surface area (Å²) in [5.74, 6) is -0.194. The Kier molecular flexibility index (Phi) is 5.84. The predicted octanol–water partition coefficient (Wildman–Crippen LogP) is 4.18. The second-order valence-corrected chi connectivity index (χ2v) is 5.56. The molecule has 0 fully saturated rings. The van der Waals surface area contributed by atoms with E-state index < -0.39 is 4.92 Å². The molecule has 5 nitrogen and oxygen atoms in total. The molecule has 2 aromatic carbocycles. The van der Waals surface area contributed by atoms with E-state index in [0.717, 1.165) is 17.5 Å². The Bertz CT molecular complexity index is 734. The average molecular weight is 324 g/mol. The van der Waals surface area contributed by atoms with Gasteiger partial charge in [0.05, 0.1) is 11.0 Å². The minimum atomic E-state index is -0.451. The van der Waals surface area contributed by atoms with Gasteiger partial charge in [0.1, 0.15) is 0 Å². The fourth-order valence-corrected chi connectivity index (χ4v) is 2.32. The zero-order chi connectivity index (χ0) is 17.5. The van der Waals surface area contributed by atoms with Gasteiger partial charge in [0, 0.05) is 18.2 Å². The molecule has 124 valence electrons. The number of rotatable bonds is 6. The summed E-state index contributed by atoms with van der Waals surface area (Å²) in [7, 11) is 0. The number of hydrogen-bond acceptors (Lipinski definition) is 3. The van der Waals surface area contributed by atoms with E-state index in [4.69, 9.17) is 0 Å². The predicted molar refractivity (Wildman–Crippen MR) is 94.5 cm³/mol. The van der Waals surface area contributed by atoms with Gasteiger partial charge in [-0.2, -0.15) is 0 Å². The van der Waals surface area contributed by atoms with E-state index in [1.807, 2.05) is 38.1 Å². The number of amides is 1. The van der Waals surface area contributed by atoms with Crippen LogP contribution in [-0.4, -0.2) is 10.8 Å². The van der Waals surface area contributed by atoms with Crippen molar-refractivity contribution >= 4 is 17.7 Å². The monoisotopic (exact) mass is 324 g/mol. The number of carbonyl (C=O) groups excluding carboxylic acids is 1. The fourth-order valence-electron chi connectivity index (χ4n) is 2.32. The number of carbonyl (C=O) groups is 1. The van der Waals surface area contributed by atoms with Crippen molar-refractivity contribution < 1.29 is 9.72 Å². The molecule has 0 radical (unpaired) electrons. The maximum Gasteiger partial charge on any atom is 0.269 e. The van der Waals surface area contributed by atoms with Gasteiger partial charge < -0.3 is 5.32 Å². The number of non-ortho nitro benzene ring substituents is 1. The van der Waals surface area contributed by atoms with Gasteiger partial charge in [-0.15, -0.1) is 0 Å². The Morgan fingerprint density at radius 2 is 1.79 bits per heavy atom. The number of nitrogens with one attached hydrogen (secondary N) is 1. The van der Waals surface area contributed by atoms with Crippen molar-refractivity contribution in [1.29, 1.82) is 0 Å². The molecule has 2 aromatic rings. The van der Waals surface area contributed by atoms with Crippen molar-refractivity contribution in [1.82, 2.24) is 5.32 Å². The molecule has 0 aliphatic carbocycles. The molecule has 1 N–H and O–H groups in total. The second kappa shape index (κ2) is 8.06. The highest BCUT2D eigenvalue weighted by Crippen LogP contribution is 2.17. The number of nitro groups is 1. The molecule has 0 spiro atoms. The summed E-state index contributed by atoms with van der Waals surface area (Å²) in [4.78, 5) is 22.3. The normalized spacial score (nSPS) is 12.1. The zero-order valence-corrected chi connectivity index (χ0v) is 13.7. The van der Waals surface area contributed by atoms with Crippen LogP contribution in [0.25, 0.3) is 6.08 Å². The Morgan fingerprint density at radius 1 is 1.17 bits per heavy atom. The molecule has 1 atom stereocenters. The van der Waals surface area contributed by atoms with Crippen molar-refractivity contribution in [3.63, 3.8) is 0 Å². The quantitative estimate of drug-likeness (QED) is 0.492. The third-order valence-corrected chi connectivity index (χ3v) is 3.74. The van der Waals surface area contributed by atoms with Crippen molar-refractivity contribution in [3.8, 4) is 0 Å². The molecule has 0 saturated heterocycles. The highest BCUT2D eigenvalue weighted by Gasteiger charge is 2.10. The van der Waals surface area contributed by atoms with Crippen LogP contribution in [-0.2, 0) is 4.79 Å². The molecular weight excluding hydrogens is 304 g/mol. The summed E-state index contributed by atoms with van der Waals surface area (Å²) in [6.45, 7) is 4.04. The lowest BCUT2D eigenvalue weighted by Gasteiger charge is -2.16. The van der Waals surface area contributed by atoms with E-state index in [-0.39, 0.29) is 17.6 Å². The van der Waals surface area contributed by atoms with Crippen LogP contribution < -0.4 is 5.32 Å². The van der Waals surface area contributed by atoms with Crippen LogP contribution in [0.2, 0.25) is 0 Å². The molecule has 24 heavy (non-hydrogen) atoms. The lowest BCUT2D eigenvalue weighted by atomic mass is 10.0. The van der Waals surface area contributed by atoms with Gasteiger partial charge in [0.25, 0.3) is 5.69 Å². The zero-order valence-electron chi connectivity index (χ0n) is 13.7. The molecule has 1 amide bonds. The Labute approximate surface area is 141 Å². The SMILES string of the molecule is CC[C@@H](NC(=O)/C=C/c1ccc([N+](=O)[O-])cc1)c1ccc(C)cc1. The van der Waals surface area contributed by atoms with Gasteiger partial charge >= 0.3 is 0 Å². The minimum absolute atomic E-state index is 0.0296. The smallest absolute Gasteiger partial charge is 0.269 e. The molecule has 2 rings (SSSR count). The van der Waals surface area contributed by atoms with Gasteiger partial charge in [-0.25, -0.2) is 0 Å². The molecule has 0 unspecified atom stereocenters. The second-order valence-electron chi connectivity index (χ2n) is 5.56. The van der Waals surface area contributed by atoms with E-state index in [1.165, 1.54) is 23.8 Å². The minimum Gasteiger partial charge on any atom is -0.346 e. The van der Waals surface area contributed by atoms with Crippen LogP contribution in [0.4, 0.5) is 5.69 Å². The van der Waals surface area contributed by atoms with Crippen molar-refractivity contribution in [2.24, 2.45) is 0 Å². The molecule has 0 saturated carbocycles.